The van der Waals surface area contributed by atoms with Crippen LogP contribution < -0.4 is 16.4 Å². The summed E-state index contributed by atoms with van der Waals surface area (Å²) in [6.45, 7) is 6.32. The number of aryl methyl sites for hydroxylation is 2. The van der Waals surface area contributed by atoms with Crippen molar-refractivity contribution in [1.82, 2.24) is 20.8 Å². The molecule has 0 radical (unpaired) electrons. The summed E-state index contributed by atoms with van der Waals surface area (Å²) in [6, 6.07) is 8.51. The van der Waals surface area contributed by atoms with E-state index in [1.54, 1.807) is 0 Å². The van der Waals surface area contributed by atoms with Crippen molar-refractivity contribution in [2.24, 2.45) is 5.73 Å². The summed E-state index contributed by atoms with van der Waals surface area (Å²) in [7, 11) is 0. The van der Waals surface area contributed by atoms with Crippen LogP contribution in [0.2, 0.25) is 0 Å². The largest absolute Gasteiger partial charge is 0.366 e. The van der Waals surface area contributed by atoms with Gasteiger partial charge in [-0.25, -0.2) is 4.79 Å². The van der Waals surface area contributed by atoms with E-state index in [1.165, 1.54) is 0 Å². The number of aromatic nitrogens is 2. The number of hydrogen-bond donors (Lipinski definition) is 3. The Hall–Kier alpha value is -3.16. The van der Waals surface area contributed by atoms with E-state index in [0.717, 1.165) is 37.7 Å². The SMILES string of the molecule is C=C(C(N)=O)[C@@H](NC(=O)NCCCCCC)c1nc(CCc2ccccc2)no1. The molecule has 1 aromatic carbocycles. The van der Waals surface area contributed by atoms with E-state index in [4.69, 9.17) is 10.3 Å². The molecule has 1 heterocycles. The number of nitrogens with one attached hydrogen (secondary N) is 2. The van der Waals surface area contributed by atoms with Gasteiger partial charge in [-0.1, -0.05) is 68.3 Å². The Balaban J connectivity index is 1.97. The van der Waals surface area contributed by atoms with Gasteiger partial charge in [0.15, 0.2) is 5.82 Å². The third-order valence-electron chi connectivity index (χ3n) is 4.47. The average Bonchev–Trinajstić information content (AvgIpc) is 3.19. The first-order valence-corrected chi connectivity index (χ1v) is 9.90. The second-order valence-electron chi connectivity index (χ2n) is 6.82. The van der Waals surface area contributed by atoms with Crippen molar-refractivity contribution in [2.45, 2.75) is 51.5 Å². The van der Waals surface area contributed by atoms with Gasteiger partial charge in [0.25, 0.3) is 5.89 Å². The number of carbonyl (C=O) groups is 2. The number of hydrogen-bond acceptors (Lipinski definition) is 5. The number of primary amides is 1. The highest BCUT2D eigenvalue weighted by molar-refractivity contribution is 5.93. The molecule has 1 aromatic heterocycles. The summed E-state index contributed by atoms with van der Waals surface area (Å²) >= 11 is 0. The molecule has 2 aromatic rings. The van der Waals surface area contributed by atoms with E-state index < -0.39 is 18.0 Å². The van der Waals surface area contributed by atoms with E-state index in [1.807, 2.05) is 30.3 Å². The minimum absolute atomic E-state index is 0.0237. The van der Waals surface area contributed by atoms with E-state index in [0.29, 0.717) is 18.8 Å². The fraction of sp³-hybridized carbons (Fsp3) is 0.429. The summed E-state index contributed by atoms with van der Waals surface area (Å²) in [4.78, 5) is 28.1. The van der Waals surface area contributed by atoms with E-state index in [-0.39, 0.29) is 11.5 Å². The zero-order chi connectivity index (χ0) is 21.1. The van der Waals surface area contributed by atoms with Gasteiger partial charge in [-0.3, -0.25) is 4.79 Å². The molecule has 4 N–H and O–H groups in total. The summed E-state index contributed by atoms with van der Waals surface area (Å²) in [5, 5.41) is 9.35. The number of amides is 3. The maximum absolute atomic E-state index is 12.2. The standard InChI is InChI=1S/C21H29N5O3/c1-3-4-5-9-14-23-21(28)25-18(15(2)19(22)27)20-24-17(26-29-20)13-12-16-10-7-6-8-11-16/h6-8,10-11,18H,2-5,9,12-14H2,1H3,(H2,22,27)(H2,23,25,28)/t18-/m1/s1. The number of urea groups is 1. The van der Waals surface area contributed by atoms with Crippen LogP contribution >= 0.6 is 0 Å². The van der Waals surface area contributed by atoms with Gasteiger partial charge in [-0.15, -0.1) is 0 Å². The number of unbranched alkanes of at least 4 members (excludes halogenated alkanes) is 3. The maximum Gasteiger partial charge on any atom is 0.315 e. The number of carbonyl (C=O) groups excluding carboxylic acids is 2. The molecule has 0 saturated carbocycles. The predicted molar refractivity (Wildman–Crippen MR) is 110 cm³/mol. The summed E-state index contributed by atoms with van der Waals surface area (Å²) in [6.07, 6.45) is 5.48. The molecular formula is C21H29N5O3. The van der Waals surface area contributed by atoms with Gasteiger partial charge in [0.2, 0.25) is 5.91 Å². The second-order valence-corrected chi connectivity index (χ2v) is 6.82. The summed E-state index contributed by atoms with van der Waals surface area (Å²) in [5.74, 6) is -0.187. The lowest BCUT2D eigenvalue weighted by Crippen LogP contribution is -2.40. The fourth-order valence-corrected chi connectivity index (χ4v) is 2.76. The lowest BCUT2D eigenvalue weighted by Gasteiger charge is -2.16. The van der Waals surface area contributed by atoms with Gasteiger partial charge in [-0.2, -0.15) is 4.98 Å². The van der Waals surface area contributed by atoms with Gasteiger partial charge >= 0.3 is 6.03 Å². The molecule has 29 heavy (non-hydrogen) atoms. The van der Waals surface area contributed by atoms with Crippen LogP contribution in [0.4, 0.5) is 4.79 Å². The van der Waals surface area contributed by atoms with Crippen LogP contribution in [0.5, 0.6) is 0 Å². The molecule has 0 aliphatic carbocycles. The minimum Gasteiger partial charge on any atom is -0.366 e. The Labute approximate surface area is 170 Å². The van der Waals surface area contributed by atoms with E-state index in [9.17, 15) is 9.59 Å². The third kappa shape index (κ3) is 7.40. The lowest BCUT2D eigenvalue weighted by molar-refractivity contribution is -0.114. The van der Waals surface area contributed by atoms with Crippen molar-refractivity contribution in [3.8, 4) is 0 Å². The zero-order valence-corrected chi connectivity index (χ0v) is 16.8. The summed E-state index contributed by atoms with van der Waals surface area (Å²) in [5.41, 5.74) is 6.47. The van der Waals surface area contributed by atoms with Gasteiger partial charge in [0.05, 0.1) is 0 Å². The molecule has 1 atom stereocenters. The zero-order valence-electron chi connectivity index (χ0n) is 16.8. The Morgan fingerprint density at radius 3 is 2.62 bits per heavy atom. The quantitative estimate of drug-likeness (QED) is 0.374. The Bertz CT molecular complexity index is 804. The Morgan fingerprint density at radius 2 is 1.93 bits per heavy atom. The average molecular weight is 399 g/mol. The molecule has 8 nitrogen and oxygen atoms in total. The molecule has 0 saturated heterocycles. The molecule has 0 unspecified atom stereocenters. The Kier molecular flexibility index (Phi) is 8.88. The summed E-state index contributed by atoms with van der Waals surface area (Å²) < 4.78 is 5.27. The van der Waals surface area contributed by atoms with Crippen LogP contribution in [0.15, 0.2) is 47.0 Å². The van der Waals surface area contributed by atoms with Crippen molar-refractivity contribution < 1.29 is 14.1 Å². The number of rotatable bonds is 12. The topological polar surface area (TPSA) is 123 Å². The molecule has 8 heteroatoms. The molecule has 0 aliphatic heterocycles. The van der Waals surface area contributed by atoms with Crippen molar-refractivity contribution in [2.75, 3.05) is 6.54 Å². The van der Waals surface area contributed by atoms with Crippen LogP contribution in [0, 0.1) is 0 Å². The maximum atomic E-state index is 12.2. The third-order valence-corrected chi connectivity index (χ3v) is 4.47. The molecule has 0 fully saturated rings. The molecule has 156 valence electrons. The predicted octanol–water partition coefficient (Wildman–Crippen LogP) is 2.82. The first kappa shape index (κ1) is 22.1. The smallest absolute Gasteiger partial charge is 0.315 e. The number of nitrogens with zero attached hydrogens (tertiary/aromatic N) is 2. The highest BCUT2D eigenvalue weighted by Crippen LogP contribution is 2.19. The van der Waals surface area contributed by atoms with Crippen molar-refractivity contribution in [3.63, 3.8) is 0 Å². The van der Waals surface area contributed by atoms with Crippen LogP contribution in [0.1, 0.15) is 55.9 Å². The first-order chi connectivity index (χ1) is 14.0. The Morgan fingerprint density at radius 1 is 1.17 bits per heavy atom. The van der Waals surface area contributed by atoms with Gasteiger partial charge < -0.3 is 20.9 Å². The van der Waals surface area contributed by atoms with Crippen LogP contribution in [0.25, 0.3) is 0 Å². The van der Waals surface area contributed by atoms with Crippen molar-refractivity contribution in [3.05, 3.63) is 59.8 Å². The van der Waals surface area contributed by atoms with Crippen LogP contribution in [-0.2, 0) is 17.6 Å². The van der Waals surface area contributed by atoms with E-state index in [2.05, 4.69) is 34.3 Å². The highest BCUT2D eigenvalue weighted by Gasteiger charge is 2.27. The highest BCUT2D eigenvalue weighted by atomic mass is 16.5. The molecule has 0 aliphatic rings. The van der Waals surface area contributed by atoms with Gasteiger partial charge in [-0.05, 0) is 18.4 Å². The van der Waals surface area contributed by atoms with Crippen molar-refractivity contribution in [1.29, 1.82) is 0 Å². The molecular weight excluding hydrogens is 370 g/mol. The van der Waals surface area contributed by atoms with Crippen LogP contribution in [-0.4, -0.2) is 28.6 Å². The second kappa shape index (κ2) is 11.6. The minimum atomic E-state index is -0.971. The van der Waals surface area contributed by atoms with Crippen LogP contribution in [0.3, 0.4) is 0 Å². The molecule has 2 rings (SSSR count). The number of nitrogens with two attached hydrogens (primary N) is 1. The molecule has 0 bridgehead atoms. The monoisotopic (exact) mass is 399 g/mol. The van der Waals surface area contributed by atoms with E-state index >= 15 is 0 Å². The fourth-order valence-electron chi connectivity index (χ4n) is 2.76. The molecule has 0 spiro atoms. The van der Waals surface area contributed by atoms with Gasteiger partial charge in [0.1, 0.15) is 6.04 Å². The molecule has 3 amide bonds. The van der Waals surface area contributed by atoms with Gasteiger partial charge in [0, 0.05) is 18.5 Å². The number of benzene rings is 1. The first-order valence-electron chi connectivity index (χ1n) is 9.90. The normalized spacial score (nSPS) is 11.6. The van der Waals surface area contributed by atoms with Crippen molar-refractivity contribution >= 4 is 11.9 Å². The lowest BCUT2D eigenvalue weighted by atomic mass is 10.1.